The fourth-order valence-corrected chi connectivity index (χ4v) is 2.62. The molecule has 0 aromatic rings. The topological polar surface area (TPSA) is 95.5 Å². The molecule has 0 aromatic carbocycles. The second kappa shape index (κ2) is 13.8. The predicted octanol–water partition coefficient (Wildman–Crippen LogP) is 1.66. The fourth-order valence-electron chi connectivity index (χ4n) is 2.62. The standard InChI is InChI=1S/C19H37N5O4.HI/c1-7-27-12-8-10-20-17(21-13-16(25)23(5)6)24-11-9-15(14-24)22-18(26)28-19(2,3)4;/h15H,7-14H2,1-6H3,(H,20,21)(H,22,26);1H. The number of aliphatic imine (C=N–C) groups is 1. The highest BCUT2D eigenvalue weighted by Crippen LogP contribution is 2.12. The van der Waals surface area contributed by atoms with Gasteiger partial charge in [-0.3, -0.25) is 4.79 Å². The van der Waals surface area contributed by atoms with E-state index in [1.165, 1.54) is 4.90 Å². The first-order chi connectivity index (χ1) is 13.1. The SMILES string of the molecule is CCOCCCNC(=NCC(=O)N(C)C)N1CCC(NC(=O)OC(C)(C)C)C1.I. The van der Waals surface area contributed by atoms with Crippen LogP contribution in [-0.2, 0) is 14.3 Å². The Kier molecular flexibility index (Phi) is 13.2. The Morgan fingerprint density at radius 1 is 1.28 bits per heavy atom. The molecule has 1 saturated heterocycles. The van der Waals surface area contributed by atoms with Gasteiger partial charge in [-0.2, -0.15) is 0 Å². The molecule has 1 unspecified atom stereocenters. The third kappa shape index (κ3) is 12.1. The Hall–Kier alpha value is -1.30. The van der Waals surface area contributed by atoms with Gasteiger partial charge in [-0.15, -0.1) is 24.0 Å². The molecule has 2 amide bonds. The fraction of sp³-hybridized carbons (Fsp3) is 0.842. The van der Waals surface area contributed by atoms with Gasteiger partial charge in [-0.1, -0.05) is 0 Å². The summed E-state index contributed by atoms with van der Waals surface area (Å²) in [6.07, 6.45) is 1.23. The highest BCUT2D eigenvalue weighted by molar-refractivity contribution is 14.0. The Morgan fingerprint density at radius 3 is 2.55 bits per heavy atom. The van der Waals surface area contributed by atoms with Crippen molar-refractivity contribution in [1.29, 1.82) is 0 Å². The van der Waals surface area contributed by atoms with E-state index >= 15 is 0 Å². The van der Waals surface area contributed by atoms with E-state index < -0.39 is 11.7 Å². The summed E-state index contributed by atoms with van der Waals surface area (Å²) < 4.78 is 10.7. The molecule has 170 valence electrons. The van der Waals surface area contributed by atoms with E-state index in [4.69, 9.17) is 9.47 Å². The van der Waals surface area contributed by atoms with Gasteiger partial charge in [0.15, 0.2) is 5.96 Å². The monoisotopic (exact) mass is 527 g/mol. The number of likely N-dealkylation sites (tertiary alicyclic amines) is 1. The number of carbonyl (C=O) groups is 2. The van der Waals surface area contributed by atoms with Crippen LogP contribution < -0.4 is 10.6 Å². The van der Waals surface area contributed by atoms with Crippen LogP contribution in [0.4, 0.5) is 4.79 Å². The van der Waals surface area contributed by atoms with Gasteiger partial charge in [0.2, 0.25) is 5.91 Å². The minimum atomic E-state index is -0.524. The van der Waals surface area contributed by atoms with Crippen molar-refractivity contribution < 1.29 is 19.1 Å². The number of likely N-dealkylation sites (N-methyl/N-ethyl adjacent to an activating group) is 1. The molecule has 1 rings (SSSR count). The Labute approximate surface area is 192 Å². The van der Waals surface area contributed by atoms with Crippen LogP contribution in [0.1, 0.15) is 40.5 Å². The van der Waals surface area contributed by atoms with E-state index in [0.29, 0.717) is 32.3 Å². The van der Waals surface area contributed by atoms with E-state index in [2.05, 4.69) is 20.5 Å². The van der Waals surface area contributed by atoms with E-state index in [9.17, 15) is 9.59 Å². The number of guanidine groups is 1. The van der Waals surface area contributed by atoms with E-state index in [1.54, 1.807) is 14.1 Å². The molecule has 0 aromatic heterocycles. The maximum absolute atomic E-state index is 12.0. The van der Waals surface area contributed by atoms with Crippen LogP contribution in [-0.4, -0.2) is 92.9 Å². The van der Waals surface area contributed by atoms with Gasteiger partial charge < -0.3 is 29.9 Å². The third-order valence-electron chi connectivity index (χ3n) is 4.02. The molecule has 0 aliphatic carbocycles. The maximum atomic E-state index is 12.0. The van der Waals surface area contributed by atoms with Crippen LogP contribution in [0.2, 0.25) is 0 Å². The van der Waals surface area contributed by atoms with Gasteiger partial charge in [-0.05, 0) is 40.5 Å². The molecule has 0 radical (unpaired) electrons. The van der Waals surface area contributed by atoms with Gasteiger partial charge in [0.05, 0.1) is 6.04 Å². The summed E-state index contributed by atoms with van der Waals surface area (Å²) in [4.78, 5) is 31.9. The van der Waals surface area contributed by atoms with Gasteiger partial charge in [0.1, 0.15) is 12.1 Å². The average molecular weight is 527 g/mol. The highest BCUT2D eigenvalue weighted by Gasteiger charge is 2.28. The van der Waals surface area contributed by atoms with E-state index in [1.807, 2.05) is 27.7 Å². The third-order valence-corrected chi connectivity index (χ3v) is 4.02. The molecule has 1 heterocycles. The lowest BCUT2D eigenvalue weighted by molar-refractivity contribution is -0.127. The second-order valence-electron chi connectivity index (χ2n) is 7.98. The molecule has 29 heavy (non-hydrogen) atoms. The first-order valence-corrected chi connectivity index (χ1v) is 9.93. The number of amides is 2. The number of alkyl carbamates (subject to hydrolysis) is 1. The lowest BCUT2D eigenvalue weighted by atomic mass is 10.2. The molecule has 2 N–H and O–H groups in total. The van der Waals surface area contributed by atoms with Crippen molar-refractivity contribution in [2.24, 2.45) is 4.99 Å². The molecule has 9 nitrogen and oxygen atoms in total. The zero-order valence-electron chi connectivity index (χ0n) is 18.6. The molecule has 0 bridgehead atoms. The molecular weight excluding hydrogens is 489 g/mol. The zero-order valence-corrected chi connectivity index (χ0v) is 20.9. The van der Waals surface area contributed by atoms with E-state index in [-0.39, 0.29) is 42.5 Å². The van der Waals surface area contributed by atoms with Crippen LogP contribution in [0, 0.1) is 0 Å². The number of carbonyl (C=O) groups excluding carboxylic acids is 2. The first kappa shape index (κ1) is 27.7. The number of halogens is 1. The van der Waals surface area contributed by atoms with Crippen molar-refractivity contribution in [3.8, 4) is 0 Å². The molecule has 1 aliphatic rings. The van der Waals surface area contributed by atoms with Crippen LogP contribution in [0.3, 0.4) is 0 Å². The first-order valence-electron chi connectivity index (χ1n) is 9.93. The normalized spacial score (nSPS) is 16.8. The predicted molar refractivity (Wildman–Crippen MR) is 125 cm³/mol. The van der Waals surface area contributed by atoms with Gasteiger partial charge in [0.25, 0.3) is 0 Å². The van der Waals surface area contributed by atoms with Crippen molar-refractivity contribution >= 4 is 41.9 Å². The lowest BCUT2D eigenvalue weighted by Crippen LogP contribution is -2.45. The minimum Gasteiger partial charge on any atom is -0.444 e. The van der Waals surface area contributed by atoms with Crippen molar-refractivity contribution in [2.45, 2.75) is 52.2 Å². The second-order valence-corrected chi connectivity index (χ2v) is 7.98. The number of nitrogens with zero attached hydrogens (tertiary/aromatic N) is 3. The molecular formula is C19H38IN5O4. The van der Waals surface area contributed by atoms with Gasteiger partial charge in [0, 0.05) is 46.9 Å². The number of ether oxygens (including phenoxy) is 2. The average Bonchev–Trinajstić information content (AvgIpc) is 3.03. The van der Waals surface area contributed by atoms with Crippen LogP contribution >= 0.6 is 24.0 Å². The number of rotatable bonds is 8. The highest BCUT2D eigenvalue weighted by atomic mass is 127. The quantitative estimate of drug-likeness (QED) is 0.216. The van der Waals surface area contributed by atoms with Crippen LogP contribution in [0.25, 0.3) is 0 Å². The summed E-state index contributed by atoms with van der Waals surface area (Å²) in [7, 11) is 3.42. The smallest absolute Gasteiger partial charge is 0.407 e. The van der Waals surface area contributed by atoms with Crippen LogP contribution in [0.15, 0.2) is 4.99 Å². The summed E-state index contributed by atoms with van der Waals surface area (Å²) in [5.41, 5.74) is -0.524. The summed E-state index contributed by atoms with van der Waals surface area (Å²) in [6.45, 7) is 11.0. The summed E-state index contributed by atoms with van der Waals surface area (Å²) in [5.74, 6) is 0.622. The summed E-state index contributed by atoms with van der Waals surface area (Å²) in [6, 6.07) is -0.0187. The van der Waals surface area contributed by atoms with Crippen molar-refractivity contribution in [2.75, 3.05) is 53.5 Å². The molecule has 1 atom stereocenters. The number of hydrogen-bond donors (Lipinski definition) is 2. The summed E-state index contributed by atoms with van der Waals surface area (Å²) >= 11 is 0. The molecule has 1 aliphatic heterocycles. The lowest BCUT2D eigenvalue weighted by Gasteiger charge is -2.24. The number of hydrogen-bond acceptors (Lipinski definition) is 5. The molecule has 1 fully saturated rings. The van der Waals surface area contributed by atoms with Crippen molar-refractivity contribution in [3.63, 3.8) is 0 Å². The van der Waals surface area contributed by atoms with Gasteiger partial charge in [-0.25, -0.2) is 9.79 Å². The number of nitrogens with one attached hydrogen (secondary N) is 2. The Bertz CT molecular complexity index is 537. The minimum absolute atomic E-state index is 0. The molecule has 0 saturated carbocycles. The summed E-state index contributed by atoms with van der Waals surface area (Å²) in [5, 5.41) is 6.21. The zero-order chi connectivity index (χ0) is 21.2. The Morgan fingerprint density at radius 2 is 1.97 bits per heavy atom. The maximum Gasteiger partial charge on any atom is 0.407 e. The molecule has 10 heteroatoms. The van der Waals surface area contributed by atoms with Crippen molar-refractivity contribution in [3.05, 3.63) is 0 Å². The molecule has 0 spiro atoms. The van der Waals surface area contributed by atoms with Crippen molar-refractivity contribution in [1.82, 2.24) is 20.4 Å². The van der Waals surface area contributed by atoms with E-state index in [0.717, 1.165) is 19.4 Å². The Balaban J connectivity index is 0.00000784. The van der Waals surface area contributed by atoms with Gasteiger partial charge >= 0.3 is 6.09 Å². The van der Waals surface area contributed by atoms with Crippen LogP contribution in [0.5, 0.6) is 0 Å². The largest absolute Gasteiger partial charge is 0.444 e.